The van der Waals surface area contributed by atoms with Crippen LogP contribution < -0.4 is 9.50 Å². The molecule has 1 amide bonds. The molecule has 0 aliphatic carbocycles. The Morgan fingerprint density at radius 2 is 2.00 bits per heavy atom. The third kappa shape index (κ3) is 5.81. The zero-order valence-electron chi connectivity index (χ0n) is 15.1. The molecule has 2 aromatic rings. The summed E-state index contributed by atoms with van der Waals surface area (Å²) in [6.07, 6.45) is 1.02. The molecule has 1 fully saturated rings. The summed E-state index contributed by atoms with van der Waals surface area (Å²) >= 11 is 6.74. The number of nitrogens with zero attached hydrogens (tertiary/aromatic N) is 2. The van der Waals surface area contributed by atoms with Gasteiger partial charge in [-0.1, -0.05) is 35.5 Å². The molecule has 156 valence electrons. The molecule has 0 radical (unpaired) electrons. The Balaban J connectivity index is 1.68. The molecule has 1 aliphatic rings. The number of hydrogen-bond acceptors (Lipinski definition) is 8. The monoisotopic (exact) mass is 467 g/mol. The Morgan fingerprint density at radius 3 is 2.70 bits per heavy atom. The molecule has 3 rings (SSSR count). The van der Waals surface area contributed by atoms with Gasteiger partial charge in [0.2, 0.25) is 5.91 Å². The molecule has 1 unspecified atom stereocenters. The van der Waals surface area contributed by atoms with E-state index in [1.54, 1.807) is 12.1 Å². The van der Waals surface area contributed by atoms with Gasteiger partial charge >= 0.3 is 16.1 Å². The average Bonchev–Trinajstić information content (AvgIpc) is 3.00. The molecule has 1 heterocycles. The average molecular weight is 468 g/mol. The van der Waals surface area contributed by atoms with Gasteiger partial charge in [0, 0.05) is 5.02 Å². The number of amides is 1. The highest BCUT2D eigenvalue weighted by molar-refractivity contribution is 8.15. The summed E-state index contributed by atoms with van der Waals surface area (Å²) in [6.45, 7) is 0. The molecular formula is C18H14ClN3O6S2. The molecule has 1 saturated heterocycles. The van der Waals surface area contributed by atoms with Crippen molar-refractivity contribution in [1.82, 2.24) is 5.32 Å². The van der Waals surface area contributed by atoms with Crippen molar-refractivity contribution in [3.05, 3.63) is 59.1 Å². The highest BCUT2D eigenvalue weighted by atomic mass is 35.5. The molecule has 1 atom stereocenters. The molecule has 0 bridgehead atoms. The lowest BCUT2D eigenvalue weighted by molar-refractivity contribution is -0.138. The van der Waals surface area contributed by atoms with E-state index in [0.29, 0.717) is 10.6 Å². The highest BCUT2D eigenvalue weighted by Gasteiger charge is 2.32. The number of carbonyl (C=O) groups is 2. The number of carboxylic acid groups (broad SMARTS) is 1. The maximum atomic E-state index is 12.3. The van der Waals surface area contributed by atoms with Crippen LogP contribution in [0.1, 0.15) is 12.0 Å². The number of benzene rings is 2. The normalized spacial score (nSPS) is 18.0. The lowest BCUT2D eigenvalue weighted by Gasteiger charge is -2.07. The molecule has 9 nitrogen and oxygen atoms in total. The van der Waals surface area contributed by atoms with Crippen LogP contribution in [-0.4, -0.2) is 42.0 Å². The van der Waals surface area contributed by atoms with Crippen molar-refractivity contribution >= 4 is 56.7 Å². The second-order valence-electron chi connectivity index (χ2n) is 5.91. The molecule has 2 N–H and O–H groups in total. The zero-order valence-corrected chi connectivity index (χ0v) is 17.4. The maximum absolute atomic E-state index is 12.3. The van der Waals surface area contributed by atoms with Crippen LogP contribution in [-0.2, 0) is 19.7 Å². The topological polar surface area (TPSA) is 134 Å². The molecule has 0 spiro atoms. The second kappa shape index (κ2) is 9.28. The van der Waals surface area contributed by atoms with E-state index in [2.05, 4.69) is 15.5 Å². The maximum Gasteiger partial charge on any atom is 0.339 e. The van der Waals surface area contributed by atoms with Crippen LogP contribution in [0.3, 0.4) is 0 Å². The van der Waals surface area contributed by atoms with Gasteiger partial charge in [0.1, 0.15) is 15.9 Å². The summed E-state index contributed by atoms with van der Waals surface area (Å²) < 4.78 is 29.8. The summed E-state index contributed by atoms with van der Waals surface area (Å²) in [5.41, 5.74) is 0.500. The van der Waals surface area contributed by atoms with Crippen molar-refractivity contribution in [2.75, 3.05) is 0 Å². The van der Waals surface area contributed by atoms with E-state index >= 15 is 0 Å². The first-order valence-electron chi connectivity index (χ1n) is 8.33. The second-order valence-corrected chi connectivity index (χ2v) is 9.08. The van der Waals surface area contributed by atoms with Crippen molar-refractivity contribution in [3.63, 3.8) is 0 Å². The van der Waals surface area contributed by atoms with Gasteiger partial charge in [0.25, 0.3) is 0 Å². The molecule has 1 aliphatic heterocycles. The number of aliphatic carboxylic acids is 1. The van der Waals surface area contributed by atoms with Crippen molar-refractivity contribution in [2.24, 2.45) is 10.2 Å². The van der Waals surface area contributed by atoms with E-state index in [0.717, 1.165) is 11.8 Å². The first-order valence-corrected chi connectivity index (χ1v) is 11.0. The molecule has 0 aromatic heterocycles. The van der Waals surface area contributed by atoms with Crippen LogP contribution in [0, 0.1) is 0 Å². The molecular weight excluding hydrogens is 454 g/mol. The SMILES string of the molecule is O=C(O)CC1S/C(=N/N=C/c2cccc(OS(=O)(=O)c3ccc(Cl)cc3)c2)NC1=O. The lowest BCUT2D eigenvalue weighted by Crippen LogP contribution is -2.26. The Hall–Kier alpha value is -2.89. The van der Waals surface area contributed by atoms with Crippen molar-refractivity contribution < 1.29 is 27.3 Å². The van der Waals surface area contributed by atoms with Gasteiger partial charge in [-0.25, -0.2) is 0 Å². The Kier molecular flexibility index (Phi) is 6.75. The number of carbonyl (C=O) groups excluding carboxylic acids is 1. The summed E-state index contributed by atoms with van der Waals surface area (Å²) in [4.78, 5) is 22.3. The fourth-order valence-corrected chi connectivity index (χ4v) is 4.28. The minimum atomic E-state index is -4.03. The third-order valence-corrected chi connectivity index (χ3v) is 6.24. The van der Waals surface area contributed by atoms with E-state index in [4.69, 9.17) is 20.9 Å². The van der Waals surface area contributed by atoms with Gasteiger partial charge in [-0.2, -0.15) is 13.5 Å². The number of nitrogens with one attached hydrogen (secondary N) is 1. The van der Waals surface area contributed by atoms with E-state index in [1.807, 2.05) is 0 Å². The van der Waals surface area contributed by atoms with Crippen molar-refractivity contribution in [3.8, 4) is 5.75 Å². The van der Waals surface area contributed by atoms with Crippen molar-refractivity contribution in [1.29, 1.82) is 0 Å². The minimum absolute atomic E-state index is 0.0396. The van der Waals surface area contributed by atoms with Crippen LogP contribution in [0.25, 0.3) is 0 Å². The van der Waals surface area contributed by atoms with Gasteiger partial charge in [-0.15, -0.1) is 5.10 Å². The smallest absolute Gasteiger partial charge is 0.339 e. The Labute approximate surface area is 180 Å². The summed E-state index contributed by atoms with van der Waals surface area (Å²) in [5, 5.41) is 18.7. The molecule has 0 saturated carbocycles. The van der Waals surface area contributed by atoms with Gasteiger partial charge < -0.3 is 14.6 Å². The summed E-state index contributed by atoms with van der Waals surface area (Å²) in [7, 11) is -4.03. The van der Waals surface area contributed by atoms with Gasteiger partial charge in [0.15, 0.2) is 5.17 Å². The fraction of sp³-hybridized carbons (Fsp3) is 0.111. The molecule has 2 aromatic carbocycles. The van der Waals surface area contributed by atoms with Crippen molar-refractivity contribution in [2.45, 2.75) is 16.6 Å². The third-order valence-electron chi connectivity index (χ3n) is 3.66. The number of thioether (sulfide) groups is 1. The number of hydrogen-bond donors (Lipinski definition) is 2. The first kappa shape index (κ1) is 21.8. The van der Waals surface area contributed by atoms with Crippen LogP contribution >= 0.6 is 23.4 Å². The van der Waals surface area contributed by atoms with Gasteiger partial charge in [-0.05, 0) is 42.0 Å². The molecule has 30 heavy (non-hydrogen) atoms. The molecule has 12 heteroatoms. The quantitative estimate of drug-likeness (QED) is 0.363. The number of rotatable bonds is 7. The summed E-state index contributed by atoms with van der Waals surface area (Å²) in [6, 6.07) is 11.7. The number of halogens is 1. The van der Waals surface area contributed by atoms with Crippen LogP contribution in [0.15, 0.2) is 63.6 Å². The Morgan fingerprint density at radius 1 is 1.27 bits per heavy atom. The van der Waals surface area contributed by atoms with E-state index in [-0.39, 0.29) is 22.2 Å². The largest absolute Gasteiger partial charge is 0.481 e. The van der Waals surface area contributed by atoms with Crippen LogP contribution in [0.2, 0.25) is 5.02 Å². The van der Waals surface area contributed by atoms with Gasteiger partial charge in [0.05, 0.1) is 12.6 Å². The van der Waals surface area contributed by atoms with E-state index in [1.165, 1.54) is 42.6 Å². The standard InChI is InChI=1S/C18H14ClN3O6S2/c19-12-4-6-14(7-5-12)30(26,27)28-13-3-1-2-11(8-13)10-20-22-18-21-17(25)15(29-18)9-16(23)24/h1-8,10,15H,9H2,(H,23,24)(H,21,22,25)/b20-10+. The fourth-order valence-electron chi connectivity index (χ4n) is 2.32. The van der Waals surface area contributed by atoms with Gasteiger partial charge in [-0.3, -0.25) is 9.59 Å². The van der Waals surface area contributed by atoms with Crippen LogP contribution in [0.4, 0.5) is 0 Å². The van der Waals surface area contributed by atoms with Crippen LogP contribution in [0.5, 0.6) is 5.75 Å². The van der Waals surface area contributed by atoms with E-state index < -0.39 is 27.2 Å². The predicted molar refractivity (Wildman–Crippen MR) is 113 cm³/mol. The number of amidine groups is 1. The highest BCUT2D eigenvalue weighted by Crippen LogP contribution is 2.23. The predicted octanol–water partition coefficient (Wildman–Crippen LogP) is 2.50. The number of carboxylic acids is 1. The Bertz CT molecular complexity index is 1130. The first-order chi connectivity index (χ1) is 14.2. The minimum Gasteiger partial charge on any atom is -0.481 e. The zero-order chi connectivity index (χ0) is 21.7. The van der Waals surface area contributed by atoms with E-state index in [9.17, 15) is 18.0 Å². The summed E-state index contributed by atoms with van der Waals surface area (Å²) in [5.74, 6) is -1.46. The lowest BCUT2D eigenvalue weighted by atomic mass is 10.2.